The van der Waals surface area contributed by atoms with Crippen LogP contribution in [0.5, 0.6) is 0 Å². The van der Waals surface area contributed by atoms with Crippen LogP contribution in [-0.2, 0) is 6.54 Å². The Morgan fingerprint density at radius 3 is 2.83 bits per heavy atom. The number of nitrogens with one attached hydrogen (secondary N) is 1. The molecule has 1 N–H and O–H groups in total. The van der Waals surface area contributed by atoms with Crippen LogP contribution in [0.3, 0.4) is 0 Å². The fourth-order valence-electron chi connectivity index (χ4n) is 2.85. The van der Waals surface area contributed by atoms with Crippen molar-refractivity contribution in [2.75, 3.05) is 0 Å². The summed E-state index contributed by atoms with van der Waals surface area (Å²) in [5.41, 5.74) is 2.78. The SMILES string of the molecule is Cc1nc(C2CC2)nc2sc(C(=O)NCc3ccccn3)c(C)c12. The highest BCUT2D eigenvalue weighted by molar-refractivity contribution is 7.20. The minimum atomic E-state index is -0.0754. The topological polar surface area (TPSA) is 67.8 Å². The first-order valence-electron chi connectivity index (χ1n) is 8.09. The molecule has 3 aromatic heterocycles. The average molecular weight is 338 g/mol. The van der Waals surface area contributed by atoms with Crippen LogP contribution >= 0.6 is 11.3 Å². The maximum Gasteiger partial charge on any atom is 0.262 e. The molecular weight excluding hydrogens is 320 g/mol. The number of carbonyl (C=O) groups excluding carboxylic acids is 1. The number of hydrogen-bond acceptors (Lipinski definition) is 5. The van der Waals surface area contributed by atoms with Gasteiger partial charge in [-0.15, -0.1) is 11.3 Å². The summed E-state index contributed by atoms with van der Waals surface area (Å²) in [6, 6.07) is 5.67. The van der Waals surface area contributed by atoms with Gasteiger partial charge in [0.1, 0.15) is 10.7 Å². The predicted octanol–water partition coefficient (Wildman–Crippen LogP) is 3.51. The third-order valence-corrected chi connectivity index (χ3v) is 5.48. The molecule has 6 heteroatoms. The normalized spacial score (nSPS) is 14.1. The third-order valence-electron chi connectivity index (χ3n) is 4.29. The standard InChI is InChI=1S/C18H18N4OS/c1-10-14-11(2)21-16(12-6-7-12)22-18(14)24-15(10)17(23)20-9-13-5-3-4-8-19-13/h3-5,8,12H,6-7,9H2,1-2H3,(H,20,23). The number of amides is 1. The first kappa shape index (κ1) is 15.2. The van der Waals surface area contributed by atoms with Gasteiger partial charge in [0.15, 0.2) is 0 Å². The second-order valence-electron chi connectivity index (χ2n) is 6.18. The van der Waals surface area contributed by atoms with Crippen LogP contribution in [0, 0.1) is 13.8 Å². The minimum absolute atomic E-state index is 0.0754. The highest BCUT2D eigenvalue weighted by Crippen LogP contribution is 2.40. The highest BCUT2D eigenvalue weighted by atomic mass is 32.1. The molecule has 0 atom stereocenters. The van der Waals surface area contributed by atoms with Gasteiger partial charge < -0.3 is 5.32 Å². The van der Waals surface area contributed by atoms with E-state index in [1.54, 1.807) is 6.20 Å². The van der Waals surface area contributed by atoms with Crippen molar-refractivity contribution >= 4 is 27.5 Å². The molecule has 3 aromatic rings. The van der Waals surface area contributed by atoms with Crippen molar-refractivity contribution in [2.24, 2.45) is 0 Å². The van der Waals surface area contributed by atoms with Crippen LogP contribution in [0.25, 0.3) is 10.2 Å². The minimum Gasteiger partial charge on any atom is -0.346 e. The van der Waals surface area contributed by atoms with Gasteiger partial charge in [0.2, 0.25) is 0 Å². The van der Waals surface area contributed by atoms with Gasteiger partial charge in [-0.1, -0.05) is 6.07 Å². The first-order valence-corrected chi connectivity index (χ1v) is 8.91. The van der Waals surface area contributed by atoms with Crippen LogP contribution in [0.4, 0.5) is 0 Å². The molecule has 3 heterocycles. The molecule has 24 heavy (non-hydrogen) atoms. The number of hydrogen-bond donors (Lipinski definition) is 1. The summed E-state index contributed by atoms with van der Waals surface area (Å²) in [5.74, 6) is 1.37. The molecule has 0 unspecified atom stereocenters. The van der Waals surface area contributed by atoms with Crippen molar-refractivity contribution in [2.45, 2.75) is 39.2 Å². The lowest BCUT2D eigenvalue weighted by molar-refractivity contribution is 0.0954. The Kier molecular flexibility index (Phi) is 3.76. The smallest absolute Gasteiger partial charge is 0.262 e. The van der Waals surface area contributed by atoms with Gasteiger partial charge in [0.25, 0.3) is 5.91 Å². The van der Waals surface area contributed by atoms with Crippen LogP contribution in [-0.4, -0.2) is 20.9 Å². The molecule has 122 valence electrons. The maximum absolute atomic E-state index is 12.6. The fraction of sp³-hybridized carbons (Fsp3) is 0.333. The summed E-state index contributed by atoms with van der Waals surface area (Å²) in [6.07, 6.45) is 4.07. The Morgan fingerprint density at radius 1 is 1.29 bits per heavy atom. The molecule has 0 spiro atoms. The number of nitrogens with zero attached hydrogens (tertiary/aromatic N) is 3. The van der Waals surface area contributed by atoms with Gasteiger partial charge in [0.05, 0.1) is 22.8 Å². The molecule has 1 aliphatic carbocycles. The molecule has 5 nitrogen and oxygen atoms in total. The van der Waals surface area contributed by atoms with Gasteiger partial charge >= 0.3 is 0 Å². The molecule has 4 rings (SSSR count). The summed E-state index contributed by atoms with van der Waals surface area (Å²) in [5, 5.41) is 3.97. The molecule has 1 amide bonds. The van der Waals surface area contributed by atoms with E-state index in [1.165, 1.54) is 24.2 Å². The number of pyridine rings is 1. The lowest BCUT2D eigenvalue weighted by Gasteiger charge is -2.04. The first-order chi connectivity index (χ1) is 11.6. The summed E-state index contributed by atoms with van der Waals surface area (Å²) in [4.78, 5) is 27.8. The molecule has 0 bridgehead atoms. The van der Waals surface area contributed by atoms with Gasteiger partial charge in [-0.25, -0.2) is 9.97 Å². The molecule has 0 saturated heterocycles. The number of aromatic nitrogens is 3. The Hall–Kier alpha value is -2.34. The summed E-state index contributed by atoms with van der Waals surface area (Å²) in [7, 11) is 0. The molecule has 0 aromatic carbocycles. The lowest BCUT2D eigenvalue weighted by atomic mass is 10.1. The number of aryl methyl sites for hydroxylation is 2. The van der Waals surface area contributed by atoms with E-state index in [0.29, 0.717) is 17.3 Å². The Morgan fingerprint density at radius 2 is 2.12 bits per heavy atom. The summed E-state index contributed by atoms with van der Waals surface area (Å²) >= 11 is 1.46. The lowest BCUT2D eigenvalue weighted by Crippen LogP contribution is -2.22. The van der Waals surface area contributed by atoms with Crippen LogP contribution < -0.4 is 5.32 Å². The zero-order valence-electron chi connectivity index (χ0n) is 13.7. The van der Waals surface area contributed by atoms with E-state index < -0.39 is 0 Å². The van der Waals surface area contributed by atoms with Crippen molar-refractivity contribution in [1.82, 2.24) is 20.3 Å². The van der Waals surface area contributed by atoms with Crippen molar-refractivity contribution < 1.29 is 4.79 Å². The monoisotopic (exact) mass is 338 g/mol. The largest absolute Gasteiger partial charge is 0.346 e. The quantitative estimate of drug-likeness (QED) is 0.790. The average Bonchev–Trinajstić information content (AvgIpc) is 3.38. The van der Waals surface area contributed by atoms with E-state index in [4.69, 9.17) is 4.98 Å². The molecular formula is C18H18N4OS. The van der Waals surface area contributed by atoms with Gasteiger partial charge in [-0.05, 0) is 44.4 Å². The van der Waals surface area contributed by atoms with Crippen molar-refractivity contribution in [1.29, 1.82) is 0 Å². The molecule has 1 aliphatic rings. The predicted molar refractivity (Wildman–Crippen MR) is 94.3 cm³/mol. The molecule has 1 saturated carbocycles. The highest BCUT2D eigenvalue weighted by Gasteiger charge is 2.28. The zero-order valence-corrected chi connectivity index (χ0v) is 14.5. The van der Waals surface area contributed by atoms with E-state index in [-0.39, 0.29) is 5.91 Å². The summed E-state index contributed by atoms with van der Waals surface area (Å²) in [6.45, 7) is 4.40. The summed E-state index contributed by atoms with van der Waals surface area (Å²) < 4.78 is 0. The van der Waals surface area contributed by atoms with Crippen LogP contribution in [0.1, 0.15) is 51.2 Å². The second kappa shape index (κ2) is 5.94. The van der Waals surface area contributed by atoms with Gasteiger partial charge in [0, 0.05) is 17.5 Å². The van der Waals surface area contributed by atoms with E-state index in [1.807, 2.05) is 32.0 Å². The van der Waals surface area contributed by atoms with Crippen molar-refractivity contribution in [3.05, 3.63) is 52.0 Å². The molecule has 1 fully saturated rings. The second-order valence-corrected chi connectivity index (χ2v) is 7.18. The Bertz CT molecular complexity index is 916. The van der Waals surface area contributed by atoms with Crippen molar-refractivity contribution in [3.8, 4) is 0 Å². The maximum atomic E-state index is 12.6. The van der Waals surface area contributed by atoms with E-state index >= 15 is 0 Å². The third kappa shape index (κ3) is 2.78. The van der Waals surface area contributed by atoms with E-state index in [9.17, 15) is 4.79 Å². The number of fused-ring (bicyclic) bond motifs is 1. The van der Waals surface area contributed by atoms with Gasteiger partial charge in [-0.2, -0.15) is 0 Å². The van der Waals surface area contributed by atoms with Crippen molar-refractivity contribution in [3.63, 3.8) is 0 Å². The fourth-order valence-corrected chi connectivity index (χ4v) is 4.01. The molecule has 0 radical (unpaired) electrons. The van der Waals surface area contributed by atoms with E-state index in [0.717, 1.165) is 33.0 Å². The Balaban J connectivity index is 1.62. The van der Waals surface area contributed by atoms with Crippen LogP contribution in [0.15, 0.2) is 24.4 Å². The van der Waals surface area contributed by atoms with Crippen LogP contribution in [0.2, 0.25) is 0 Å². The Labute approximate surface area is 144 Å². The number of carbonyl (C=O) groups is 1. The van der Waals surface area contributed by atoms with Gasteiger partial charge in [-0.3, -0.25) is 9.78 Å². The molecule has 0 aliphatic heterocycles. The zero-order chi connectivity index (χ0) is 16.7. The van der Waals surface area contributed by atoms with E-state index in [2.05, 4.69) is 15.3 Å². The number of thiophene rings is 1. The number of rotatable bonds is 4.